The van der Waals surface area contributed by atoms with Crippen LogP contribution in [0, 0.1) is 5.82 Å². The van der Waals surface area contributed by atoms with Crippen LogP contribution in [-0.2, 0) is 16.4 Å². The molecule has 0 amide bonds. The molecular formula is C12H12ClFN2O2S2. The van der Waals surface area contributed by atoms with Crippen LogP contribution in [0.15, 0.2) is 35.2 Å². The van der Waals surface area contributed by atoms with Gasteiger partial charge in [0.1, 0.15) is 5.82 Å². The minimum Gasteiger partial charge on any atom is -0.396 e. The van der Waals surface area contributed by atoms with Crippen molar-refractivity contribution >= 4 is 38.6 Å². The summed E-state index contributed by atoms with van der Waals surface area (Å²) >= 11 is 7.19. The van der Waals surface area contributed by atoms with Crippen LogP contribution in [0.1, 0.15) is 4.88 Å². The Morgan fingerprint density at radius 1 is 1.30 bits per heavy atom. The zero-order chi connectivity index (χ0) is 14.8. The van der Waals surface area contributed by atoms with Gasteiger partial charge in [0, 0.05) is 11.4 Å². The first-order valence-corrected chi connectivity index (χ1v) is 8.35. The molecule has 1 heterocycles. The highest BCUT2D eigenvalue weighted by atomic mass is 35.5. The van der Waals surface area contributed by atoms with Crippen LogP contribution < -0.4 is 10.5 Å². The summed E-state index contributed by atoms with van der Waals surface area (Å²) < 4.78 is 40.1. The summed E-state index contributed by atoms with van der Waals surface area (Å²) in [7, 11) is -3.69. The molecule has 20 heavy (non-hydrogen) atoms. The summed E-state index contributed by atoms with van der Waals surface area (Å²) in [5.74, 6) is -0.642. The summed E-state index contributed by atoms with van der Waals surface area (Å²) in [5.41, 5.74) is 5.16. The molecule has 4 nitrogen and oxygen atoms in total. The zero-order valence-corrected chi connectivity index (χ0v) is 12.7. The van der Waals surface area contributed by atoms with Crippen molar-refractivity contribution in [2.24, 2.45) is 0 Å². The zero-order valence-electron chi connectivity index (χ0n) is 10.3. The summed E-state index contributed by atoms with van der Waals surface area (Å²) in [5, 5.41) is 0. The third-order valence-corrected chi connectivity index (χ3v) is 5.32. The van der Waals surface area contributed by atoms with Crippen molar-refractivity contribution in [1.29, 1.82) is 0 Å². The van der Waals surface area contributed by atoms with Gasteiger partial charge in [0.15, 0.2) is 0 Å². The highest BCUT2D eigenvalue weighted by Gasteiger charge is 2.15. The van der Waals surface area contributed by atoms with Crippen molar-refractivity contribution in [3.63, 3.8) is 0 Å². The molecular weight excluding hydrogens is 323 g/mol. The predicted octanol–water partition coefficient (Wildman–Crippen LogP) is 2.64. The molecule has 8 heteroatoms. The molecule has 0 unspecified atom stereocenters. The number of halogens is 2. The molecule has 1 aromatic carbocycles. The van der Waals surface area contributed by atoms with E-state index in [-0.39, 0.29) is 17.1 Å². The second-order valence-electron chi connectivity index (χ2n) is 4.04. The first-order chi connectivity index (χ1) is 9.38. The van der Waals surface area contributed by atoms with E-state index in [4.69, 9.17) is 17.3 Å². The molecule has 0 aliphatic heterocycles. The lowest BCUT2D eigenvalue weighted by molar-refractivity contribution is 0.581. The standard InChI is InChI=1S/C12H12ClFN2O2S2/c13-12-4-1-8(19-12)5-6-16-20(17,18)9-2-3-10(14)11(15)7-9/h1-4,7,16H,5-6,15H2. The Balaban J connectivity index is 2.02. The van der Waals surface area contributed by atoms with Crippen molar-refractivity contribution < 1.29 is 12.8 Å². The Bertz CT molecular complexity index is 716. The molecule has 3 N–H and O–H groups in total. The topological polar surface area (TPSA) is 72.2 Å². The van der Waals surface area contributed by atoms with Crippen LogP contribution in [0.25, 0.3) is 0 Å². The molecule has 0 fully saturated rings. The maximum Gasteiger partial charge on any atom is 0.240 e. The highest BCUT2D eigenvalue weighted by Crippen LogP contribution is 2.21. The quantitative estimate of drug-likeness (QED) is 0.826. The van der Waals surface area contributed by atoms with Crippen LogP contribution in [0.2, 0.25) is 4.34 Å². The van der Waals surface area contributed by atoms with E-state index in [1.54, 1.807) is 6.07 Å². The Hall–Kier alpha value is -1.15. The lowest BCUT2D eigenvalue weighted by atomic mass is 10.3. The van der Waals surface area contributed by atoms with Gasteiger partial charge in [-0.15, -0.1) is 11.3 Å². The number of benzene rings is 1. The van der Waals surface area contributed by atoms with Crippen LogP contribution in [-0.4, -0.2) is 15.0 Å². The number of hydrogen-bond donors (Lipinski definition) is 2. The molecule has 0 saturated heterocycles. The smallest absolute Gasteiger partial charge is 0.240 e. The van der Waals surface area contributed by atoms with Gasteiger partial charge in [0.2, 0.25) is 10.0 Å². The van der Waals surface area contributed by atoms with Crippen LogP contribution in [0.4, 0.5) is 10.1 Å². The van der Waals surface area contributed by atoms with Crippen LogP contribution >= 0.6 is 22.9 Å². The molecule has 0 atom stereocenters. The maximum absolute atomic E-state index is 13.0. The van der Waals surface area contributed by atoms with Gasteiger partial charge < -0.3 is 5.73 Å². The fourth-order valence-corrected chi connectivity index (χ4v) is 3.72. The number of thiophene rings is 1. The number of nitrogens with two attached hydrogens (primary N) is 1. The van der Waals surface area contributed by atoms with Gasteiger partial charge in [-0.3, -0.25) is 0 Å². The molecule has 2 aromatic rings. The van der Waals surface area contributed by atoms with Gasteiger partial charge in [-0.2, -0.15) is 0 Å². The highest BCUT2D eigenvalue weighted by molar-refractivity contribution is 7.89. The number of hydrogen-bond acceptors (Lipinski definition) is 4. The maximum atomic E-state index is 13.0. The van der Waals surface area contributed by atoms with Crippen LogP contribution in [0.3, 0.4) is 0 Å². The van der Waals surface area contributed by atoms with Gasteiger partial charge in [0.25, 0.3) is 0 Å². The van der Waals surface area contributed by atoms with E-state index in [1.165, 1.54) is 17.4 Å². The minimum absolute atomic E-state index is 0.0550. The normalized spacial score (nSPS) is 11.7. The van der Waals surface area contributed by atoms with E-state index in [0.717, 1.165) is 17.0 Å². The lowest BCUT2D eigenvalue weighted by Crippen LogP contribution is -2.26. The van der Waals surface area contributed by atoms with Gasteiger partial charge >= 0.3 is 0 Å². The third-order valence-electron chi connectivity index (χ3n) is 2.57. The number of anilines is 1. The largest absolute Gasteiger partial charge is 0.396 e. The number of nitrogen functional groups attached to an aromatic ring is 1. The number of sulfonamides is 1. The molecule has 0 bridgehead atoms. The number of rotatable bonds is 5. The molecule has 108 valence electrons. The molecule has 0 aliphatic carbocycles. The van der Waals surface area contributed by atoms with Crippen LogP contribution in [0.5, 0.6) is 0 Å². The van der Waals surface area contributed by atoms with Gasteiger partial charge in [-0.25, -0.2) is 17.5 Å². The van der Waals surface area contributed by atoms with E-state index in [2.05, 4.69) is 4.72 Å². The van der Waals surface area contributed by atoms with E-state index in [0.29, 0.717) is 10.8 Å². The van der Waals surface area contributed by atoms with Crippen molar-refractivity contribution in [2.45, 2.75) is 11.3 Å². The molecule has 2 rings (SSSR count). The second kappa shape index (κ2) is 6.09. The summed E-state index contributed by atoms with van der Waals surface area (Å²) in [4.78, 5) is 0.928. The van der Waals surface area contributed by atoms with E-state index < -0.39 is 15.8 Å². The van der Waals surface area contributed by atoms with E-state index >= 15 is 0 Å². The van der Waals surface area contributed by atoms with Gasteiger partial charge in [-0.1, -0.05) is 11.6 Å². The monoisotopic (exact) mass is 334 g/mol. The SMILES string of the molecule is Nc1cc(S(=O)(=O)NCCc2ccc(Cl)s2)ccc1F. The second-order valence-corrected chi connectivity index (χ2v) is 7.60. The van der Waals surface area contributed by atoms with Crippen molar-refractivity contribution in [3.8, 4) is 0 Å². The van der Waals surface area contributed by atoms with Crippen molar-refractivity contribution in [2.75, 3.05) is 12.3 Å². The first-order valence-electron chi connectivity index (χ1n) is 5.67. The summed E-state index contributed by atoms with van der Waals surface area (Å²) in [6, 6.07) is 6.91. The lowest BCUT2D eigenvalue weighted by Gasteiger charge is -2.07. The average Bonchev–Trinajstić information content (AvgIpc) is 2.78. The molecule has 0 aliphatic rings. The molecule has 0 radical (unpaired) electrons. The average molecular weight is 335 g/mol. The summed E-state index contributed by atoms with van der Waals surface area (Å²) in [6.45, 7) is 0.233. The van der Waals surface area contributed by atoms with Crippen molar-refractivity contribution in [1.82, 2.24) is 4.72 Å². The Morgan fingerprint density at radius 3 is 2.65 bits per heavy atom. The van der Waals surface area contributed by atoms with Gasteiger partial charge in [0.05, 0.1) is 14.9 Å². The minimum atomic E-state index is -3.69. The Labute approximate surface area is 125 Å². The van der Waals surface area contributed by atoms with E-state index in [1.807, 2.05) is 6.07 Å². The fraction of sp³-hybridized carbons (Fsp3) is 0.167. The Kier molecular flexibility index (Phi) is 4.64. The molecule has 1 aromatic heterocycles. The van der Waals surface area contributed by atoms with E-state index in [9.17, 15) is 12.8 Å². The number of nitrogens with one attached hydrogen (secondary N) is 1. The molecule has 0 saturated carbocycles. The first kappa shape index (κ1) is 15.2. The summed E-state index contributed by atoms with van der Waals surface area (Å²) in [6.07, 6.45) is 0.535. The van der Waals surface area contributed by atoms with Gasteiger partial charge in [-0.05, 0) is 36.8 Å². The van der Waals surface area contributed by atoms with Crippen molar-refractivity contribution in [3.05, 3.63) is 45.4 Å². The predicted molar refractivity (Wildman–Crippen MR) is 79.0 cm³/mol. The fourth-order valence-electron chi connectivity index (χ4n) is 1.57. The molecule has 0 spiro atoms. The Morgan fingerprint density at radius 2 is 2.05 bits per heavy atom. The third kappa shape index (κ3) is 3.69.